The van der Waals surface area contributed by atoms with Crippen molar-refractivity contribution in [3.8, 4) is 0 Å². The number of nitrogens with one attached hydrogen (secondary N) is 1. The number of nitrogens with zero attached hydrogens (tertiary/aromatic N) is 2. The Morgan fingerprint density at radius 2 is 1.86 bits per heavy atom. The van der Waals surface area contributed by atoms with E-state index in [0.29, 0.717) is 5.69 Å². The summed E-state index contributed by atoms with van der Waals surface area (Å²) in [6.07, 6.45) is 1.37. The zero-order valence-corrected chi connectivity index (χ0v) is 14.0. The van der Waals surface area contributed by atoms with Crippen LogP contribution in [0.15, 0.2) is 35.6 Å². The van der Waals surface area contributed by atoms with Crippen molar-refractivity contribution in [2.45, 2.75) is 31.2 Å². The number of rotatable bonds is 3. The first-order valence-corrected chi connectivity index (χ1v) is 8.28. The zero-order valence-electron chi connectivity index (χ0n) is 12.4. The van der Waals surface area contributed by atoms with Crippen molar-refractivity contribution in [3.05, 3.63) is 41.3 Å². The van der Waals surface area contributed by atoms with Gasteiger partial charge in [0.15, 0.2) is 0 Å². The van der Waals surface area contributed by atoms with Crippen LogP contribution in [0, 0.1) is 0 Å². The molecule has 0 fully saturated rings. The van der Waals surface area contributed by atoms with Gasteiger partial charge in [0.05, 0.1) is 12.0 Å². The highest BCUT2D eigenvalue weighted by atomic mass is 35.5. The maximum atomic E-state index is 12.4. The quantitative estimate of drug-likeness (QED) is 0.941. The van der Waals surface area contributed by atoms with Crippen LogP contribution in [0.2, 0.25) is 5.15 Å². The molecule has 0 bridgehead atoms. The molecule has 0 aliphatic heterocycles. The van der Waals surface area contributed by atoms with Gasteiger partial charge in [0, 0.05) is 7.05 Å². The number of sulfonamides is 1. The van der Waals surface area contributed by atoms with Gasteiger partial charge in [-0.25, -0.2) is 4.98 Å². The Bertz CT molecular complexity index is 761. The van der Waals surface area contributed by atoms with Crippen molar-refractivity contribution in [2.75, 3.05) is 4.72 Å². The number of para-hydroxylation sites is 1. The Hall–Kier alpha value is -1.53. The third kappa shape index (κ3) is 3.22. The molecule has 1 aromatic heterocycles. The molecule has 21 heavy (non-hydrogen) atoms. The molecular weight excluding hydrogens is 310 g/mol. The minimum absolute atomic E-state index is 0.0794. The van der Waals surface area contributed by atoms with E-state index in [1.54, 1.807) is 19.2 Å². The molecule has 0 radical (unpaired) electrons. The van der Waals surface area contributed by atoms with Crippen LogP contribution >= 0.6 is 11.6 Å². The standard InChI is InChI=1S/C14H18ClN3O2S/c1-14(2,3)10-7-5-6-8-11(10)17-21(19,20)13-12(15)18(4)9-16-13/h5-9,17H,1-4H3. The zero-order chi connectivity index (χ0) is 15.8. The van der Waals surface area contributed by atoms with Crippen LogP contribution in [0.25, 0.3) is 0 Å². The van der Waals surface area contributed by atoms with E-state index in [4.69, 9.17) is 11.6 Å². The second-order valence-electron chi connectivity index (χ2n) is 5.85. The summed E-state index contributed by atoms with van der Waals surface area (Å²) in [5.74, 6) is 0. The Labute approximate surface area is 130 Å². The third-order valence-electron chi connectivity index (χ3n) is 3.07. The van der Waals surface area contributed by atoms with E-state index in [1.807, 2.05) is 32.9 Å². The Morgan fingerprint density at radius 3 is 2.38 bits per heavy atom. The van der Waals surface area contributed by atoms with Crippen LogP contribution in [-0.4, -0.2) is 18.0 Å². The van der Waals surface area contributed by atoms with E-state index in [0.717, 1.165) is 5.56 Å². The molecule has 2 rings (SSSR count). The topological polar surface area (TPSA) is 64.0 Å². The molecule has 0 spiro atoms. The highest BCUT2D eigenvalue weighted by molar-refractivity contribution is 7.92. The van der Waals surface area contributed by atoms with Crippen molar-refractivity contribution in [1.29, 1.82) is 0 Å². The molecule has 0 aliphatic rings. The van der Waals surface area contributed by atoms with E-state index in [2.05, 4.69) is 9.71 Å². The van der Waals surface area contributed by atoms with E-state index in [-0.39, 0.29) is 15.6 Å². The molecule has 0 aliphatic carbocycles. The van der Waals surface area contributed by atoms with E-state index < -0.39 is 10.0 Å². The number of imidazole rings is 1. The normalized spacial score (nSPS) is 12.4. The second kappa shape index (κ2) is 5.35. The fourth-order valence-electron chi connectivity index (χ4n) is 1.99. The number of aryl methyl sites for hydroxylation is 1. The van der Waals surface area contributed by atoms with E-state index in [9.17, 15) is 8.42 Å². The van der Waals surface area contributed by atoms with Gasteiger partial charge in [-0.15, -0.1) is 0 Å². The van der Waals surface area contributed by atoms with Gasteiger partial charge in [-0.3, -0.25) is 4.72 Å². The number of hydrogen-bond acceptors (Lipinski definition) is 3. The van der Waals surface area contributed by atoms with Crippen LogP contribution in [0.4, 0.5) is 5.69 Å². The number of aromatic nitrogens is 2. The van der Waals surface area contributed by atoms with Gasteiger partial charge in [-0.2, -0.15) is 8.42 Å². The van der Waals surface area contributed by atoms with Crippen LogP contribution in [-0.2, 0) is 22.5 Å². The van der Waals surface area contributed by atoms with Gasteiger partial charge in [0.25, 0.3) is 10.0 Å². The molecule has 5 nitrogen and oxygen atoms in total. The van der Waals surface area contributed by atoms with Crippen molar-refractivity contribution >= 4 is 27.3 Å². The van der Waals surface area contributed by atoms with Gasteiger partial charge in [0.1, 0.15) is 5.15 Å². The molecule has 1 N–H and O–H groups in total. The summed E-state index contributed by atoms with van der Waals surface area (Å²) in [5, 5.41) is -0.0916. The van der Waals surface area contributed by atoms with Gasteiger partial charge < -0.3 is 4.57 Å². The van der Waals surface area contributed by atoms with Gasteiger partial charge in [0.2, 0.25) is 5.03 Å². The third-order valence-corrected chi connectivity index (χ3v) is 4.92. The fourth-order valence-corrected chi connectivity index (χ4v) is 3.51. The molecule has 2 aromatic rings. The SMILES string of the molecule is Cn1cnc(S(=O)(=O)Nc2ccccc2C(C)(C)C)c1Cl. The summed E-state index contributed by atoms with van der Waals surface area (Å²) < 4.78 is 28.9. The number of halogens is 1. The van der Waals surface area contributed by atoms with E-state index >= 15 is 0 Å². The molecule has 0 saturated heterocycles. The first-order chi connectivity index (χ1) is 9.63. The highest BCUT2D eigenvalue weighted by Crippen LogP contribution is 2.31. The van der Waals surface area contributed by atoms with Gasteiger partial charge >= 0.3 is 0 Å². The number of anilines is 1. The molecule has 114 valence electrons. The molecule has 1 heterocycles. The maximum Gasteiger partial charge on any atom is 0.282 e. The lowest BCUT2D eigenvalue weighted by Gasteiger charge is -2.23. The van der Waals surface area contributed by atoms with Crippen molar-refractivity contribution in [1.82, 2.24) is 9.55 Å². The van der Waals surface area contributed by atoms with Crippen LogP contribution in [0.5, 0.6) is 0 Å². The molecule has 0 amide bonds. The largest absolute Gasteiger partial charge is 0.324 e. The number of hydrogen-bond donors (Lipinski definition) is 1. The fraction of sp³-hybridized carbons (Fsp3) is 0.357. The van der Waals surface area contributed by atoms with E-state index in [1.165, 1.54) is 10.9 Å². The smallest absolute Gasteiger partial charge is 0.282 e. The molecule has 7 heteroatoms. The first kappa shape index (κ1) is 15.9. The van der Waals surface area contributed by atoms with Crippen LogP contribution in [0.1, 0.15) is 26.3 Å². The van der Waals surface area contributed by atoms with Crippen molar-refractivity contribution < 1.29 is 8.42 Å². The summed E-state index contributed by atoms with van der Waals surface area (Å²) in [4.78, 5) is 3.86. The predicted molar refractivity (Wildman–Crippen MR) is 84.2 cm³/mol. The van der Waals surface area contributed by atoms with Gasteiger partial charge in [-0.05, 0) is 17.0 Å². The monoisotopic (exact) mass is 327 g/mol. The summed E-state index contributed by atoms with van der Waals surface area (Å²) in [6.45, 7) is 6.07. The molecular formula is C14H18ClN3O2S. The van der Waals surface area contributed by atoms with Crippen LogP contribution < -0.4 is 4.72 Å². The lowest BCUT2D eigenvalue weighted by Crippen LogP contribution is -2.19. The molecule has 0 unspecified atom stereocenters. The average molecular weight is 328 g/mol. The maximum absolute atomic E-state index is 12.4. The molecule has 0 saturated carbocycles. The molecule has 1 aromatic carbocycles. The van der Waals surface area contributed by atoms with Crippen molar-refractivity contribution in [3.63, 3.8) is 0 Å². The summed E-state index contributed by atoms with van der Waals surface area (Å²) in [7, 11) is -2.18. The van der Waals surface area contributed by atoms with Gasteiger partial charge in [-0.1, -0.05) is 50.6 Å². The Balaban J connectivity index is 2.45. The lowest BCUT2D eigenvalue weighted by atomic mass is 9.86. The predicted octanol–water partition coefficient (Wildman–Crippen LogP) is 3.17. The summed E-state index contributed by atoms with van der Waals surface area (Å²) >= 11 is 5.97. The van der Waals surface area contributed by atoms with Crippen molar-refractivity contribution in [2.24, 2.45) is 7.05 Å². The lowest BCUT2D eigenvalue weighted by molar-refractivity contribution is 0.589. The summed E-state index contributed by atoms with van der Waals surface area (Å²) in [5.41, 5.74) is 1.25. The summed E-state index contributed by atoms with van der Waals surface area (Å²) in [6, 6.07) is 7.30. The average Bonchev–Trinajstić information content (AvgIpc) is 2.69. The van der Waals surface area contributed by atoms with Crippen LogP contribution in [0.3, 0.4) is 0 Å². The molecule has 0 atom stereocenters. The Kier molecular flexibility index (Phi) is 4.04. The number of benzene rings is 1. The minimum atomic E-state index is -3.82. The minimum Gasteiger partial charge on any atom is -0.324 e. The Morgan fingerprint density at radius 1 is 1.24 bits per heavy atom. The second-order valence-corrected chi connectivity index (χ2v) is 7.81. The first-order valence-electron chi connectivity index (χ1n) is 6.42. The highest BCUT2D eigenvalue weighted by Gasteiger charge is 2.25.